The van der Waals surface area contributed by atoms with E-state index in [1.807, 2.05) is 0 Å². The highest BCUT2D eigenvalue weighted by Gasteiger charge is 2.25. The number of unbranched alkanes of at least 4 members (excludes halogenated alkanes) is 9. The smallest absolute Gasteiger partial charge is 0.427 e. The third kappa shape index (κ3) is 8.19. The number of benzene rings is 1. The van der Waals surface area contributed by atoms with Gasteiger partial charge in [-0.1, -0.05) is 76.3 Å². The topological polar surface area (TPSA) is 139 Å². The number of aromatic hydroxyl groups is 1. The molecular weight excluding hydrogens is 528 g/mol. The lowest BCUT2D eigenvalue weighted by Crippen LogP contribution is -2.13. The molecule has 0 aliphatic carbocycles. The van der Waals surface area contributed by atoms with E-state index < -0.39 is 17.6 Å². The largest absolute Gasteiger partial charge is 0.491 e. The minimum atomic E-state index is -0.973. The Morgan fingerprint density at radius 1 is 0.949 bits per heavy atom. The summed E-state index contributed by atoms with van der Waals surface area (Å²) in [5, 5.41) is 10.9. The Bertz CT molecular complexity index is 1270. The van der Waals surface area contributed by atoms with E-state index in [0.717, 1.165) is 23.8 Å². The van der Waals surface area contributed by atoms with E-state index in [2.05, 4.69) is 21.9 Å². The van der Waals surface area contributed by atoms with Crippen molar-refractivity contribution in [1.29, 1.82) is 0 Å². The van der Waals surface area contributed by atoms with Gasteiger partial charge in [-0.2, -0.15) is 9.97 Å². The van der Waals surface area contributed by atoms with Crippen LogP contribution in [0, 0.1) is 0 Å². The summed E-state index contributed by atoms with van der Waals surface area (Å²) >= 11 is 6.31. The third-order valence-corrected chi connectivity index (χ3v) is 6.42. The molecule has 0 unspecified atom stereocenters. The van der Waals surface area contributed by atoms with Crippen LogP contribution in [-0.2, 0) is 4.74 Å². The number of rotatable bonds is 16. The standard InChI is InChI=1S/C27H35ClN4O7/c1-4-5-6-7-8-9-10-11-12-13-16-38-24(34)18-14-15-19(28)20(17-18)32-23(33)21(39-27(32)35)22-29-25(36-2)31-26(30-22)37-3/h14-15,17,33H,4-13,16H2,1-3H3. The van der Waals surface area contributed by atoms with Gasteiger partial charge in [-0.05, 0) is 24.6 Å². The van der Waals surface area contributed by atoms with Crippen molar-refractivity contribution in [3.05, 3.63) is 39.3 Å². The van der Waals surface area contributed by atoms with Crippen LogP contribution in [0.25, 0.3) is 17.3 Å². The van der Waals surface area contributed by atoms with Gasteiger partial charge in [0.05, 0.1) is 37.1 Å². The maximum atomic E-state index is 12.7. The molecule has 39 heavy (non-hydrogen) atoms. The summed E-state index contributed by atoms with van der Waals surface area (Å²) < 4.78 is 21.4. The van der Waals surface area contributed by atoms with E-state index in [0.29, 0.717) is 0 Å². The first-order valence-electron chi connectivity index (χ1n) is 13.2. The first-order valence-corrected chi connectivity index (χ1v) is 13.5. The zero-order valence-electron chi connectivity index (χ0n) is 22.6. The first kappa shape index (κ1) is 29.9. The number of carbonyl (C=O) groups is 1. The second-order valence-electron chi connectivity index (χ2n) is 8.97. The van der Waals surface area contributed by atoms with E-state index in [-0.39, 0.29) is 46.5 Å². The van der Waals surface area contributed by atoms with Gasteiger partial charge in [-0.25, -0.2) is 14.2 Å². The minimum absolute atomic E-state index is 0.0236. The summed E-state index contributed by atoms with van der Waals surface area (Å²) in [6, 6.07) is 4.03. The van der Waals surface area contributed by atoms with Gasteiger partial charge < -0.3 is 23.7 Å². The number of esters is 1. The zero-order chi connectivity index (χ0) is 28.2. The minimum Gasteiger partial charge on any atom is -0.491 e. The highest BCUT2D eigenvalue weighted by molar-refractivity contribution is 6.32. The normalized spacial score (nSPS) is 11.0. The molecule has 0 aliphatic heterocycles. The van der Waals surface area contributed by atoms with E-state index >= 15 is 0 Å². The van der Waals surface area contributed by atoms with Gasteiger partial charge in [-0.3, -0.25) is 0 Å². The van der Waals surface area contributed by atoms with Gasteiger partial charge in [0.25, 0.3) is 0 Å². The van der Waals surface area contributed by atoms with Crippen molar-refractivity contribution in [2.75, 3.05) is 20.8 Å². The fourth-order valence-corrected chi connectivity index (χ4v) is 4.20. The molecule has 3 aromatic rings. The van der Waals surface area contributed by atoms with Crippen molar-refractivity contribution >= 4 is 17.6 Å². The van der Waals surface area contributed by atoms with E-state index in [4.69, 9.17) is 30.2 Å². The highest BCUT2D eigenvalue weighted by Crippen LogP contribution is 2.32. The molecule has 11 nitrogen and oxygen atoms in total. The van der Waals surface area contributed by atoms with E-state index in [1.54, 1.807) is 0 Å². The molecule has 3 rings (SSSR count). The molecular formula is C27H35ClN4O7. The van der Waals surface area contributed by atoms with Crippen LogP contribution in [0.3, 0.4) is 0 Å². The van der Waals surface area contributed by atoms with Crippen LogP contribution in [0.15, 0.2) is 27.4 Å². The van der Waals surface area contributed by atoms with Crippen LogP contribution in [0.4, 0.5) is 0 Å². The van der Waals surface area contributed by atoms with Crippen molar-refractivity contribution in [2.24, 2.45) is 0 Å². The molecule has 0 spiro atoms. The fourth-order valence-electron chi connectivity index (χ4n) is 4.00. The zero-order valence-corrected chi connectivity index (χ0v) is 23.3. The molecule has 0 saturated heterocycles. The number of carbonyl (C=O) groups excluding carboxylic acids is 1. The van der Waals surface area contributed by atoms with Crippen molar-refractivity contribution in [1.82, 2.24) is 19.5 Å². The summed E-state index contributed by atoms with van der Waals surface area (Å²) in [5.41, 5.74) is 0.189. The van der Waals surface area contributed by atoms with Crippen LogP contribution < -0.4 is 15.2 Å². The number of hydrogen-bond acceptors (Lipinski definition) is 10. The Morgan fingerprint density at radius 3 is 2.13 bits per heavy atom. The third-order valence-electron chi connectivity index (χ3n) is 6.10. The number of hydrogen-bond donors (Lipinski definition) is 1. The van der Waals surface area contributed by atoms with Gasteiger partial charge >= 0.3 is 23.7 Å². The molecule has 1 aromatic carbocycles. The average Bonchev–Trinajstić information content (AvgIpc) is 3.24. The summed E-state index contributed by atoms with van der Waals surface area (Å²) in [6.07, 6.45) is 11.8. The molecule has 2 aromatic heterocycles. The van der Waals surface area contributed by atoms with Gasteiger partial charge in [0.2, 0.25) is 17.5 Å². The number of ether oxygens (including phenoxy) is 3. The molecule has 0 atom stereocenters. The summed E-state index contributed by atoms with van der Waals surface area (Å²) in [4.78, 5) is 37.2. The second kappa shape index (κ2) is 15.1. The van der Waals surface area contributed by atoms with E-state index in [9.17, 15) is 14.7 Å². The molecule has 0 aliphatic rings. The summed E-state index contributed by atoms with van der Waals surface area (Å²) in [5.74, 6) is -2.72. The Labute approximate surface area is 232 Å². The molecule has 0 fully saturated rings. The fraction of sp³-hybridized carbons (Fsp3) is 0.519. The Morgan fingerprint density at radius 2 is 1.54 bits per heavy atom. The van der Waals surface area contributed by atoms with Crippen molar-refractivity contribution in [2.45, 2.75) is 71.1 Å². The second-order valence-corrected chi connectivity index (χ2v) is 9.38. The van der Waals surface area contributed by atoms with Crippen LogP contribution >= 0.6 is 11.6 Å². The molecule has 0 saturated carbocycles. The maximum absolute atomic E-state index is 12.7. The molecule has 0 bridgehead atoms. The van der Waals surface area contributed by atoms with Gasteiger partial charge in [0, 0.05) is 0 Å². The monoisotopic (exact) mass is 562 g/mol. The van der Waals surface area contributed by atoms with Gasteiger partial charge in [0.1, 0.15) is 0 Å². The van der Waals surface area contributed by atoms with Crippen molar-refractivity contribution < 1.29 is 28.5 Å². The predicted octanol–water partition coefficient (Wildman–Crippen LogP) is 5.74. The Balaban J connectivity index is 1.63. The SMILES string of the molecule is CCCCCCCCCCCCOC(=O)c1ccc(Cl)c(-n2c(O)c(-c3nc(OC)nc(OC)n3)oc2=O)c1. The van der Waals surface area contributed by atoms with Crippen LogP contribution in [0.1, 0.15) is 81.5 Å². The van der Waals surface area contributed by atoms with Gasteiger partial charge in [0.15, 0.2) is 0 Å². The molecule has 212 valence electrons. The molecule has 2 heterocycles. The molecule has 12 heteroatoms. The molecule has 0 radical (unpaired) electrons. The quantitative estimate of drug-likeness (QED) is 0.170. The van der Waals surface area contributed by atoms with Crippen LogP contribution in [0.2, 0.25) is 5.02 Å². The lowest BCUT2D eigenvalue weighted by atomic mass is 10.1. The molecule has 1 N–H and O–H groups in total. The van der Waals surface area contributed by atoms with E-state index in [1.165, 1.54) is 77.4 Å². The highest BCUT2D eigenvalue weighted by atomic mass is 35.5. The van der Waals surface area contributed by atoms with Crippen LogP contribution in [0.5, 0.6) is 17.9 Å². The van der Waals surface area contributed by atoms with Crippen molar-refractivity contribution in [3.63, 3.8) is 0 Å². The van der Waals surface area contributed by atoms with Gasteiger partial charge in [-0.15, -0.1) is 4.98 Å². The maximum Gasteiger partial charge on any atom is 0.427 e. The van der Waals surface area contributed by atoms with Crippen molar-refractivity contribution in [3.8, 4) is 35.2 Å². The number of aromatic nitrogens is 4. The number of methoxy groups -OCH3 is 2. The summed E-state index contributed by atoms with van der Waals surface area (Å²) in [6.45, 7) is 2.51. The summed E-state index contributed by atoms with van der Waals surface area (Å²) in [7, 11) is 2.67. The lowest BCUT2D eigenvalue weighted by molar-refractivity contribution is 0.0497. The predicted molar refractivity (Wildman–Crippen MR) is 145 cm³/mol. The lowest BCUT2D eigenvalue weighted by Gasteiger charge is -2.09. The number of halogens is 1. The number of nitrogens with zero attached hydrogens (tertiary/aromatic N) is 4. The Hall–Kier alpha value is -3.60. The molecule has 0 amide bonds. The van der Waals surface area contributed by atoms with Crippen LogP contribution in [-0.4, -0.2) is 51.4 Å². The Kier molecular flexibility index (Phi) is 11.6. The first-order chi connectivity index (χ1) is 18.9. The average molecular weight is 563 g/mol. The number of oxazole rings is 1.